The quantitative estimate of drug-likeness (QED) is 0.253. The Labute approximate surface area is 114 Å². The first-order chi connectivity index (χ1) is 9.00. The summed E-state index contributed by atoms with van der Waals surface area (Å²) in [5.41, 5.74) is 7.52. The normalized spacial score (nSPS) is 24.8. The molecule has 1 saturated carbocycles. The van der Waals surface area contributed by atoms with Crippen LogP contribution in [0.5, 0.6) is 0 Å². The van der Waals surface area contributed by atoms with E-state index >= 15 is 0 Å². The van der Waals surface area contributed by atoms with Gasteiger partial charge in [-0.15, -0.1) is 0 Å². The Hall–Kier alpha value is -1.26. The zero-order chi connectivity index (χ0) is 14.4. The van der Waals surface area contributed by atoms with Gasteiger partial charge in [-0.2, -0.15) is 0 Å². The smallest absolute Gasteiger partial charge is 0.326 e. The van der Waals surface area contributed by atoms with Crippen LogP contribution in [0.4, 0.5) is 0 Å². The Morgan fingerprint density at radius 3 is 2.74 bits per heavy atom. The van der Waals surface area contributed by atoms with Gasteiger partial charge in [0.05, 0.1) is 6.61 Å². The van der Waals surface area contributed by atoms with Crippen molar-refractivity contribution in [3.8, 4) is 0 Å². The summed E-state index contributed by atoms with van der Waals surface area (Å²) in [6.07, 6.45) is 3.56. The summed E-state index contributed by atoms with van der Waals surface area (Å²) in [5, 5.41) is 6.87. The highest BCUT2D eigenvalue weighted by atomic mass is 16.5. The van der Waals surface area contributed by atoms with Gasteiger partial charge in [-0.1, -0.05) is 25.4 Å². The van der Waals surface area contributed by atoms with Crippen LogP contribution in [-0.4, -0.2) is 31.2 Å². The van der Waals surface area contributed by atoms with Gasteiger partial charge in [0.1, 0.15) is 5.54 Å². The van der Waals surface area contributed by atoms with Crippen molar-refractivity contribution in [1.29, 1.82) is 0 Å². The third kappa shape index (κ3) is 3.39. The zero-order valence-electron chi connectivity index (χ0n) is 12.1. The third-order valence-electron chi connectivity index (χ3n) is 4.06. The lowest BCUT2D eigenvalue weighted by Gasteiger charge is -2.40. The molecule has 6 heteroatoms. The molecule has 1 rings (SSSR count). The molecular formula is C13H24N4O2. The summed E-state index contributed by atoms with van der Waals surface area (Å²) >= 11 is 0. The standard InChI is InChI=1S/C13H24N4O2/c1-4-19-11(18)13(8-5-7-12(13,2)3)15-9-6-10-16-17-14/h15H,4-10H2,1-3H3. The number of rotatable bonds is 7. The first-order valence-corrected chi connectivity index (χ1v) is 6.93. The highest BCUT2D eigenvalue weighted by Crippen LogP contribution is 2.46. The molecule has 108 valence electrons. The molecule has 0 amide bonds. The van der Waals surface area contributed by atoms with E-state index in [2.05, 4.69) is 29.2 Å². The van der Waals surface area contributed by atoms with Crippen molar-refractivity contribution in [2.45, 2.75) is 52.0 Å². The third-order valence-corrected chi connectivity index (χ3v) is 4.06. The van der Waals surface area contributed by atoms with Gasteiger partial charge in [0, 0.05) is 11.5 Å². The maximum absolute atomic E-state index is 12.3. The molecule has 0 heterocycles. The second-order valence-corrected chi connectivity index (χ2v) is 5.60. The van der Waals surface area contributed by atoms with E-state index in [9.17, 15) is 4.79 Å². The number of carbonyl (C=O) groups is 1. The minimum absolute atomic E-state index is 0.113. The van der Waals surface area contributed by atoms with Crippen molar-refractivity contribution in [2.24, 2.45) is 10.5 Å². The highest BCUT2D eigenvalue weighted by molar-refractivity contribution is 5.82. The van der Waals surface area contributed by atoms with Crippen molar-refractivity contribution >= 4 is 5.97 Å². The first-order valence-electron chi connectivity index (χ1n) is 6.93. The fraction of sp³-hybridized carbons (Fsp3) is 0.923. The van der Waals surface area contributed by atoms with Crippen molar-refractivity contribution in [1.82, 2.24) is 5.32 Å². The Morgan fingerprint density at radius 2 is 2.21 bits per heavy atom. The number of ether oxygens (including phenoxy) is 1. The Balaban J connectivity index is 2.70. The molecule has 0 saturated heterocycles. The second-order valence-electron chi connectivity index (χ2n) is 5.60. The van der Waals surface area contributed by atoms with E-state index in [1.807, 2.05) is 6.92 Å². The van der Waals surface area contributed by atoms with Gasteiger partial charge in [0.25, 0.3) is 0 Å². The Kier molecular flexibility index (Phi) is 5.63. The second kappa shape index (κ2) is 6.78. The molecule has 1 atom stereocenters. The van der Waals surface area contributed by atoms with E-state index in [1.54, 1.807) is 0 Å². The lowest BCUT2D eigenvalue weighted by Crippen LogP contribution is -2.59. The summed E-state index contributed by atoms with van der Waals surface area (Å²) in [5.74, 6) is -0.152. The van der Waals surface area contributed by atoms with Crippen LogP contribution in [0, 0.1) is 5.41 Å². The summed E-state index contributed by atoms with van der Waals surface area (Å²) in [4.78, 5) is 15.1. The van der Waals surface area contributed by atoms with Gasteiger partial charge in [0.2, 0.25) is 0 Å². The van der Waals surface area contributed by atoms with Gasteiger partial charge in [-0.3, -0.25) is 4.79 Å². The van der Waals surface area contributed by atoms with Crippen LogP contribution >= 0.6 is 0 Å². The first kappa shape index (κ1) is 15.8. The molecule has 6 nitrogen and oxygen atoms in total. The van der Waals surface area contributed by atoms with Gasteiger partial charge in [0.15, 0.2) is 0 Å². The molecule has 0 aromatic rings. The molecule has 0 aliphatic heterocycles. The van der Waals surface area contributed by atoms with Crippen LogP contribution in [0.3, 0.4) is 0 Å². The topological polar surface area (TPSA) is 87.1 Å². The van der Waals surface area contributed by atoms with Crippen LogP contribution in [0.1, 0.15) is 46.5 Å². The molecule has 19 heavy (non-hydrogen) atoms. The molecular weight excluding hydrogens is 244 g/mol. The molecule has 1 N–H and O–H groups in total. The SMILES string of the molecule is CCOC(=O)C1(NCCCN=[N+]=[N-])CCCC1(C)C. The predicted molar refractivity (Wildman–Crippen MR) is 73.6 cm³/mol. The molecule has 0 aromatic carbocycles. The van der Waals surface area contributed by atoms with E-state index in [0.29, 0.717) is 19.7 Å². The van der Waals surface area contributed by atoms with E-state index in [0.717, 1.165) is 25.7 Å². The largest absolute Gasteiger partial charge is 0.465 e. The number of esters is 1. The molecule has 1 fully saturated rings. The summed E-state index contributed by atoms with van der Waals surface area (Å²) in [6.45, 7) is 7.55. The lowest BCUT2D eigenvalue weighted by atomic mass is 9.74. The minimum Gasteiger partial charge on any atom is -0.465 e. The van der Waals surface area contributed by atoms with Gasteiger partial charge < -0.3 is 10.1 Å². The maximum Gasteiger partial charge on any atom is 0.326 e. The Bertz CT molecular complexity index is 364. The highest BCUT2D eigenvalue weighted by Gasteiger charge is 2.54. The molecule has 1 aliphatic carbocycles. The predicted octanol–water partition coefficient (Wildman–Crippen LogP) is 2.79. The fourth-order valence-electron chi connectivity index (χ4n) is 2.88. The number of nitrogens with one attached hydrogen (secondary N) is 1. The Morgan fingerprint density at radius 1 is 1.47 bits per heavy atom. The van der Waals surface area contributed by atoms with Crippen molar-refractivity contribution in [2.75, 3.05) is 19.7 Å². The number of hydrogen-bond acceptors (Lipinski definition) is 4. The van der Waals surface area contributed by atoms with Crippen LogP contribution in [0.15, 0.2) is 5.11 Å². The molecule has 0 spiro atoms. The van der Waals surface area contributed by atoms with Crippen LogP contribution in [0.2, 0.25) is 0 Å². The number of nitrogens with zero attached hydrogens (tertiary/aromatic N) is 3. The van der Waals surface area contributed by atoms with E-state index in [-0.39, 0.29) is 11.4 Å². The molecule has 1 aliphatic rings. The summed E-state index contributed by atoms with van der Waals surface area (Å²) in [6, 6.07) is 0. The van der Waals surface area contributed by atoms with Crippen molar-refractivity contribution in [3.05, 3.63) is 10.4 Å². The molecule has 0 bridgehead atoms. The van der Waals surface area contributed by atoms with E-state index in [1.165, 1.54) is 0 Å². The average Bonchev–Trinajstić information content (AvgIpc) is 2.66. The van der Waals surface area contributed by atoms with Gasteiger partial charge in [-0.05, 0) is 43.7 Å². The summed E-state index contributed by atoms with van der Waals surface area (Å²) in [7, 11) is 0. The zero-order valence-corrected chi connectivity index (χ0v) is 12.1. The van der Waals surface area contributed by atoms with Gasteiger partial charge >= 0.3 is 5.97 Å². The summed E-state index contributed by atoms with van der Waals surface area (Å²) < 4.78 is 5.26. The van der Waals surface area contributed by atoms with Crippen LogP contribution in [0.25, 0.3) is 10.4 Å². The number of azide groups is 1. The number of carbonyl (C=O) groups excluding carboxylic acids is 1. The fourth-order valence-corrected chi connectivity index (χ4v) is 2.88. The number of hydrogen-bond donors (Lipinski definition) is 1. The lowest BCUT2D eigenvalue weighted by molar-refractivity contribution is -0.155. The average molecular weight is 268 g/mol. The van der Waals surface area contributed by atoms with Crippen molar-refractivity contribution < 1.29 is 9.53 Å². The molecule has 0 aromatic heterocycles. The molecule has 0 radical (unpaired) electrons. The van der Waals surface area contributed by atoms with E-state index < -0.39 is 5.54 Å². The van der Waals surface area contributed by atoms with Crippen LogP contribution in [-0.2, 0) is 9.53 Å². The monoisotopic (exact) mass is 268 g/mol. The van der Waals surface area contributed by atoms with E-state index in [4.69, 9.17) is 10.3 Å². The maximum atomic E-state index is 12.3. The molecule has 1 unspecified atom stereocenters. The van der Waals surface area contributed by atoms with Gasteiger partial charge in [-0.25, -0.2) is 0 Å². The minimum atomic E-state index is -0.598. The van der Waals surface area contributed by atoms with Crippen molar-refractivity contribution in [3.63, 3.8) is 0 Å². The van der Waals surface area contributed by atoms with Crippen LogP contribution < -0.4 is 5.32 Å².